The number of alkyl halides is 3. The molecule has 0 radical (unpaired) electrons. The van der Waals surface area contributed by atoms with Crippen molar-refractivity contribution in [1.82, 2.24) is 15.2 Å². The average Bonchev–Trinajstić information content (AvgIpc) is 3.09. The number of carbonyl (C=O) groups is 1. The van der Waals surface area contributed by atoms with Crippen LogP contribution in [-0.2, 0) is 23.9 Å². The Labute approximate surface area is 180 Å². The monoisotopic (exact) mass is 455 g/mol. The fourth-order valence-electron chi connectivity index (χ4n) is 3.04. The quantitative estimate of drug-likeness (QED) is 0.516. The van der Waals surface area contributed by atoms with Crippen LogP contribution in [0, 0.1) is 5.82 Å². The average molecular weight is 455 g/mol. The molecule has 0 bridgehead atoms. The Morgan fingerprint density at radius 2 is 2.00 bits per heavy atom. The van der Waals surface area contributed by atoms with Crippen LogP contribution in [0.25, 0.3) is 10.2 Å². The Balaban J connectivity index is 1.48. The summed E-state index contributed by atoms with van der Waals surface area (Å²) in [6.07, 6.45) is -3.99. The van der Waals surface area contributed by atoms with E-state index in [-0.39, 0.29) is 18.2 Å². The van der Waals surface area contributed by atoms with E-state index in [1.54, 1.807) is 18.0 Å². The highest BCUT2D eigenvalue weighted by Gasteiger charge is 2.30. The third kappa shape index (κ3) is 6.14. The third-order valence-electron chi connectivity index (χ3n) is 4.50. The van der Waals surface area contributed by atoms with E-state index >= 15 is 0 Å². The van der Waals surface area contributed by atoms with Gasteiger partial charge in [0.05, 0.1) is 34.4 Å². The maximum Gasteiger partial charge on any atom is 0.416 e. The Morgan fingerprint density at radius 1 is 1.23 bits per heavy atom. The molecule has 0 aliphatic rings. The summed E-state index contributed by atoms with van der Waals surface area (Å²) in [5.41, 5.74) is 0.277. The second kappa shape index (κ2) is 9.61. The molecular formula is C21H21F4N3O2S. The Hall–Kier alpha value is -2.72. The van der Waals surface area contributed by atoms with Gasteiger partial charge in [0.1, 0.15) is 0 Å². The van der Waals surface area contributed by atoms with Crippen LogP contribution in [0.15, 0.2) is 36.4 Å². The number of methoxy groups -OCH3 is 1. The maximum absolute atomic E-state index is 13.8. The second-order valence-corrected chi connectivity index (χ2v) is 8.14. The number of hydrogen-bond donors (Lipinski definition) is 1. The molecule has 1 amide bonds. The second-order valence-electron chi connectivity index (χ2n) is 7.03. The summed E-state index contributed by atoms with van der Waals surface area (Å²) in [7, 11) is 3.14. The number of halogens is 4. The molecule has 0 saturated heterocycles. The molecule has 0 unspecified atom stereocenters. The third-order valence-corrected chi connectivity index (χ3v) is 5.60. The van der Waals surface area contributed by atoms with Gasteiger partial charge in [-0.3, -0.25) is 9.69 Å². The molecule has 0 spiro atoms. The zero-order valence-electron chi connectivity index (χ0n) is 16.9. The van der Waals surface area contributed by atoms with Crippen molar-refractivity contribution < 1.29 is 27.1 Å². The first-order valence-corrected chi connectivity index (χ1v) is 10.2. The Kier molecular flexibility index (Phi) is 7.11. The van der Waals surface area contributed by atoms with E-state index in [1.165, 1.54) is 36.6 Å². The highest BCUT2D eigenvalue weighted by atomic mass is 32.1. The summed E-state index contributed by atoms with van der Waals surface area (Å²) in [5.74, 6) is -0.512. The molecule has 5 nitrogen and oxygen atoms in total. The van der Waals surface area contributed by atoms with Crippen LogP contribution in [0.4, 0.5) is 17.6 Å². The summed E-state index contributed by atoms with van der Waals surface area (Å²) in [5, 5.41) is 3.42. The topological polar surface area (TPSA) is 54.5 Å². The number of fused-ring (bicyclic) bond motifs is 1. The van der Waals surface area contributed by atoms with Crippen molar-refractivity contribution in [3.05, 3.63) is 58.3 Å². The van der Waals surface area contributed by atoms with Crippen LogP contribution < -0.4 is 10.1 Å². The van der Waals surface area contributed by atoms with Crippen LogP contribution in [0.3, 0.4) is 0 Å². The zero-order valence-corrected chi connectivity index (χ0v) is 17.7. The van der Waals surface area contributed by atoms with Gasteiger partial charge in [-0.1, -0.05) is 6.07 Å². The number of carbonyl (C=O) groups excluding carboxylic acids is 1. The molecule has 166 valence electrons. The van der Waals surface area contributed by atoms with Gasteiger partial charge in [0.15, 0.2) is 11.6 Å². The number of likely N-dealkylation sites (N-methyl/N-ethyl adjacent to an activating group) is 1. The van der Waals surface area contributed by atoms with Crippen molar-refractivity contribution in [2.24, 2.45) is 0 Å². The molecule has 0 fully saturated rings. The van der Waals surface area contributed by atoms with Gasteiger partial charge in [0.2, 0.25) is 5.91 Å². The molecule has 3 aromatic rings. The molecule has 0 atom stereocenters. The number of benzene rings is 2. The van der Waals surface area contributed by atoms with Crippen molar-refractivity contribution in [1.29, 1.82) is 0 Å². The molecule has 31 heavy (non-hydrogen) atoms. The number of amides is 1. The van der Waals surface area contributed by atoms with E-state index < -0.39 is 17.6 Å². The lowest BCUT2D eigenvalue weighted by molar-refractivity contribution is -0.137. The fraction of sp³-hybridized carbons (Fsp3) is 0.333. The summed E-state index contributed by atoms with van der Waals surface area (Å²) in [4.78, 5) is 18.1. The largest absolute Gasteiger partial charge is 0.494 e. The van der Waals surface area contributed by atoms with E-state index in [1.807, 2.05) is 0 Å². The predicted octanol–water partition coefficient (Wildman–Crippen LogP) is 4.25. The van der Waals surface area contributed by atoms with Gasteiger partial charge in [0, 0.05) is 19.5 Å². The van der Waals surface area contributed by atoms with Crippen LogP contribution in [-0.4, -0.2) is 43.0 Å². The Morgan fingerprint density at radius 3 is 2.68 bits per heavy atom. The summed E-state index contributed by atoms with van der Waals surface area (Å²) < 4.78 is 57.7. The first-order chi connectivity index (χ1) is 14.7. The van der Waals surface area contributed by atoms with Crippen molar-refractivity contribution in [3.63, 3.8) is 0 Å². The lowest BCUT2D eigenvalue weighted by Crippen LogP contribution is -2.35. The molecule has 2 aromatic carbocycles. The number of ether oxygens (including phenoxy) is 1. The smallest absolute Gasteiger partial charge is 0.416 e. The van der Waals surface area contributed by atoms with Gasteiger partial charge in [-0.2, -0.15) is 13.2 Å². The number of thiazole rings is 1. The van der Waals surface area contributed by atoms with Crippen molar-refractivity contribution in [2.45, 2.75) is 19.1 Å². The SMILES string of the molecule is COc1ccc(CN(C)CC(=O)NCCc2nc3cc(C(F)(F)F)ccc3s2)cc1F. The van der Waals surface area contributed by atoms with Crippen molar-refractivity contribution in [2.75, 3.05) is 27.2 Å². The van der Waals surface area contributed by atoms with E-state index in [2.05, 4.69) is 10.3 Å². The van der Waals surface area contributed by atoms with Crippen LogP contribution in [0.2, 0.25) is 0 Å². The molecular weight excluding hydrogens is 434 g/mol. The van der Waals surface area contributed by atoms with E-state index in [9.17, 15) is 22.4 Å². The highest BCUT2D eigenvalue weighted by molar-refractivity contribution is 7.18. The van der Waals surface area contributed by atoms with Crippen molar-refractivity contribution in [3.8, 4) is 5.75 Å². The number of nitrogens with one attached hydrogen (secondary N) is 1. The van der Waals surface area contributed by atoms with Gasteiger partial charge in [-0.15, -0.1) is 11.3 Å². The van der Waals surface area contributed by atoms with E-state index in [0.717, 1.165) is 12.1 Å². The van der Waals surface area contributed by atoms with Gasteiger partial charge in [-0.25, -0.2) is 9.37 Å². The van der Waals surface area contributed by atoms with Crippen LogP contribution >= 0.6 is 11.3 Å². The molecule has 1 heterocycles. The number of hydrogen-bond acceptors (Lipinski definition) is 5. The Bertz CT molecular complexity index is 1070. The standard InChI is InChI=1S/C21H21F4N3O2S/c1-28(11-13-3-5-17(30-2)15(22)9-13)12-19(29)26-8-7-20-27-16-10-14(21(23,24)25)4-6-18(16)31-20/h3-6,9-10H,7-8,11-12H2,1-2H3,(H,26,29). The zero-order chi connectivity index (χ0) is 22.6. The summed E-state index contributed by atoms with van der Waals surface area (Å²) >= 11 is 1.30. The van der Waals surface area contributed by atoms with Gasteiger partial charge >= 0.3 is 6.18 Å². The minimum absolute atomic E-state index is 0.114. The van der Waals surface area contributed by atoms with Gasteiger partial charge < -0.3 is 10.1 Å². The van der Waals surface area contributed by atoms with Gasteiger partial charge in [0.25, 0.3) is 0 Å². The number of nitrogens with zero attached hydrogens (tertiary/aromatic N) is 2. The van der Waals surface area contributed by atoms with E-state index in [0.29, 0.717) is 40.3 Å². The first kappa shape index (κ1) is 23.0. The number of rotatable bonds is 8. The maximum atomic E-state index is 13.8. The molecule has 0 aliphatic heterocycles. The molecule has 0 aliphatic carbocycles. The van der Waals surface area contributed by atoms with Crippen molar-refractivity contribution >= 4 is 27.5 Å². The molecule has 1 N–H and O–H groups in total. The molecule has 3 rings (SSSR count). The van der Waals surface area contributed by atoms with E-state index in [4.69, 9.17) is 4.74 Å². The predicted molar refractivity (Wildman–Crippen MR) is 111 cm³/mol. The highest BCUT2D eigenvalue weighted by Crippen LogP contribution is 2.32. The summed E-state index contributed by atoms with van der Waals surface area (Å²) in [6.45, 7) is 0.811. The van der Waals surface area contributed by atoms with Crippen LogP contribution in [0.5, 0.6) is 5.75 Å². The molecule has 1 aromatic heterocycles. The lowest BCUT2D eigenvalue weighted by atomic mass is 10.2. The lowest BCUT2D eigenvalue weighted by Gasteiger charge is -2.16. The van der Waals surface area contributed by atoms with Crippen LogP contribution in [0.1, 0.15) is 16.1 Å². The molecule has 10 heteroatoms. The van der Waals surface area contributed by atoms with Gasteiger partial charge in [-0.05, 0) is 42.9 Å². The first-order valence-electron chi connectivity index (χ1n) is 9.40. The minimum atomic E-state index is -4.41. The number of aromatic nitrogens is 1. The molecule has 0 saturated carbocycles. The summed E-state index contributed by atoms with van der Waals surface area (Å²) in [6, 6.07) is 8.11. The normalized spacial score (nSPS) is 11.8. The minimum Gasteiger partial charge on any atom is -0.494 e. The fourth-order valence-corrected chi connectivity index (χ4v) is 3.99.